The van der Waals surface area contributed by atoms with Gasteiger partial charge in [-0.2, -0.15) is 4.98 Å². The molecule has 2 aliphatic rings. The van der Waals surface area contributed by atoms with Crippen LogP contribution in [0.1, 0.15) is 6.23 Å². The smallest absolute Gasteiger partial charge is 0.385 e. The van der Waals surface area contributed by atoms with Crippen molar-refractivity contribution in [1.29, 1.82) is 0 Å². The molecule has 2 fully saturated rings. The van der Waals surface area contributed by atoms with E-state index >= 15 is 0 Å². The molecule has 2 N–H and O–H groups in total. The highest BCUT2D eigenvalue weighted by molar-refractivity contribution is 8.00. The highest BCUT2D eigenvalue weighted by Crippen LogP contribution is 2.44. The van der Waals surface area contributed by atoms with E-state index in [9.17, 15) is 9.90 Å². The van der Waals surface area contributed by atoms with Crippen LogP contribution in [0.5, 0.6) is 0 Å². The maximum absolute atomic E-state index is 13.6. The Hall–Kier alpha value is -3.31. The molecule has 36 heavy (non-hydrogen) atoms. The molecule has 0 aliphatic carbocycles. The monoisotopic (exact) mass is 520 g/mol. The van der Waals surface area contributed by atoms with Gasteiger partial charge in [0.15, 0.2) is 23.5 Å². The van der Waals surface area contributed by atoms with Crippen molar-refractivity contribution in [3.8, 4) is 22.6 Å². The summed E-state index contributed by atoms with van der Waals surface area (Å²) in [7, 11) is -1.52. The molecule has 2 saturated heterocycles. The van der Waals surface area contributed by atoms with E-state index in [1.807, 2.05) is 60.7 Å². The van der Waals surface area contributed by atoms with Crippen molar-refractivity contribution in [3.63, 3.8) is 0 Å². The second kappa shape index (κ2) is 8.38. The predicted molar refractivity (Wildman–Crippen MR) is 135 cm³/mol. The number of aliphatic hydroxyl groups is 1. The summed E-state index contributed by atoms with van der Waals surface area (Å²) in [6, 6.07) is 19.1. The number of H-pyrrole nitrogens is 1. The molecular weight excluding hydrogens is 501 g/mol. The number of aromatic nitrogens is 5. The minimum absolute atomic E-state index is 0.165. The minimum Gasteiger partial charge on any atom is -0.385 e. The first-order valence-corrected chi connectivity index (χ1v) is 13.5. The Kier molecular flexibility index (Phi) is 5.10. The molecule has 3 unspecified atom stereocenters. The number of aromatic amines is 1. The Balaban J connectivity index is 1.45. The number of fused-ring (bicyclic) bond motifs is 3. The zero-order valence-electron chi connectivity index (χ0n) is 18.6. The van der Waals surface area contributed by atoms with Gasteiger partial charge in [-0.25, -0.2) is 9.38 Å². The summed E-state index contributed by atoms with van der Waals surface area (Å²) in [4.78, 5) is 26.3. The zero-order valence-corrected chi connectivity index (χ0v) is 20.3. The Labute approximate surface area is 209 Å². The average Bonchev–Trinajstić information content (AvgIpc) is 3.59. The fourth-order valence-electron chi connectivity index (χ4n) is 4.79. The van der Waals surface area contributed by atoms with Crippen molar-refractivity contribution in [2.45, 2.75) is 24.5 Å². The van der Waals surface area contributed by atoms with Gasteiger partial charge in [0, 0.05) is 11.8 Å². The fraction of sp³-hybridized carbons (Fsp3) is 0.208. The number of rotatable bonds is 3. The number of hydrogen-bond donors (Lipinski definition) is 2. The van der Waals surface area contributed by atoms with E-state index in [1.165, 1.54) is 4.40 Å². The van der Waals surface area contributed by atoms with Crippen LogP contribution < -0.4 is 5.56 Å². The fourth-order valence-corrected chi connectivity index (χ4v) is 6.06. The van der Waals surface area contributed by atoms with E-state index in [1.54, 1.807) is 10.8 Å². The molecule has 5 atom stereocenters. The number of ether oxygens (including phenoxy) is 1. The van der Waals surface area contributed by atoms with Crippen molar-refractivity contribution in [3.05, 3.63) is 77.2 Å². The molecule has 5 heterocycles. The first-order valence-electron chi connectivity index (χ1n) is 11.3. The zero-order chi connectivity index (χ0) is 24.4. The van der Waals surface area contributed by atoms with Crippen molar-refractivity contribution in [2.75, 3.05) is 6.61 Å². The second-order valence-electron chi connectivity index (χ2n) is 8.63. The number of hydrogen-bond acceptors (Lipinski definition) is 8. The molecule has 2 aliphatic heterocycles. The molecule has 3 aromatic heterocycles. The van der Waals surface area contributed by atoms with Gasteiger partial charge in [-0.3, -0.25) is 9.36 Å². The highest BCUT2D eigenvalue weighted by atomic mass is 32.4. The molecule has 0 spiro atoms. The van der Waals surface area contributed by atoms with Gasteiger partial charge in [0.1, 0.15) is 24.6 Å². The molecule has 0 amide bonds. The van der Waals surface area contributed by atoms with Crippen LogP contribution in [0.2, 0.25) is 0 Å². The molecule has 0 bridgehead atoms. The van der Waals surface area contributed by atoms with Crippen LogP contribution in [0, 0.1) is 0 Å². The average molecular weight is 520 g/mol. The number of nitrogens with one attached hydrogen (secondary N) is 1. The molecule has 2 aromatic carbocycles. The van der Waals surface area contributed by atoms with E-state index in [2.05, 4.69) is 4.98 Å². The van der Waals surface area contributed by atoms with E-state index in [0.29, 0.717) is 17.2 Å². The Morgan fingerprint density at radius 1 is 1.06 bits per heavy atom. The Morgan fingerprint density at radius 3 is 2.53 bits per heavy atom. The standard InChI is InChI=1S/C24H18N5O5PS/c30-18-19-16(12-32-35(36)34-19)33-23(18)29-20(14-9-5-2-6-10-14)26-17-21(29)27-24-25-15(11-28(24)22(17)31)13-7-3-1-4-8-13/h1-11,16,18-19,23,30H,12H2/p+1/t16?,18?,19-,23-/m1/s1. The lowest BCUT2D eigenvalue weighted by atomic mass is 10.1. The maximum Gasteiger partial charge on any atom is 0.522 e. The van der Waals surface area contributed by atoms with Gasteiger partial charge < -0.3 is 14.8 Å². The topological polar surface area (TPSA) is 116 Å². The van der Waals surface area contributed by atoms with Crippen LogP contribution in [0.15, 0.2) is 71.7 Å². The molecule has 10 nitrogen and oxygen atoms in total. The van der Waals surface area contributed by atoms with Crippen molar-refractivity contribution in [2.24, 2.45) is 0 Å². The normalized spacial score (nSPS) is 25.0. The summed E-state index contributed by atoms with van der Waals surface area (Å²) in [5, 5.41) is 11.2. The van der Waals surface area contributed by atoms with E-state index in [0.717, 1.165) is 16.8 Å². The molecule has 180 valence electrons. The van der Waals surface area contributed by atoms with Gasteiger partial charge in [0.2, 0.25) is 17.6 Å². The van der Waals surface area contributed by atoms with Crippen molar-refractivity contribution in [1.82, 2.24) is 23.9 Å². The van der Waals surface area contributed by atoms with E-state index < -0.39 is 31.7 Å². The summed E-state index contributed by atoms with van der Waals surface area (Å²) in [6.07, 6.45) is -1.40. The van der Waals surface area contributed by atoms with Gasteiger partial charge >= 0.3 is 7.15 Å². The Morgan fingerprint density at radius 2 is 1.78 bits per heavy atom. The van der Waals surface area contributed by atoms with E-state index in [4.69, 9.17) is 35.6 Å². The molecule has 7 rings (SSSR count). The quantitative estimate of drug-likeness (QED) is 0.349. The summed E-state index contributed by atoms with van der Waals surface area (Å²) < 4.78 is 20.5. The lowest BCUT2D eigenvalue weighted by Crippen LogP contribution is -2.37. The van der Waals surface area contributed by atoms with Crippen LogP contribution in [0.4, 0.5) is 0 Å². The maximum atomic E-state index is 13.6. The van der Waals surface area contributed by atoms with Gasteiger partial charge in [-0.05, 0) is 5.56 Å². The second-order valence-corrected chi connectivity index (χ2v) is 10.4. The van der Waals surface area contributed by atoms with Gasteiger partial charge in [0.05, 0.1) is 5.69 Å². The molecular formula is C24H19N5O5PS+. The van der Waals surface area contributed by atoms with Crippen LogP contribution in [-0.2, 0) is 25.6 Å². The lowest BCUT2D eigenvalue weighted by Gasteiger charge is -2.19. The van der Waals surface area contributed by atoms with Crippen LogP contribution >= 0.6 is 7.15 Å². The third-order valence-electron chi connectivity index (χ3n) is 6.48. The van der Waals surface area contributed by atoms with Crippen molar-refractivity contribution >= 4 is 35.9 Å². The first-order chi connectivity index (χ1) is 17.6. The number of benzene rings is 2. The summed E-state index contributed by atoms with van der Waals surface area (Å²) >= 11 is 5.17. The molecule has 5 aromatic rings. The van der Waals surface area contributed by atoms with Crippen LogP contribution in [-0.4, -0.2) is 53.9 Å². The number of imidazole rings is 2. The predicted octanol–water partition coefficient (Wildman–Crippen LogP) is 3.15. The van der Waals surface area contributed by atoms with Crippen LogP contribution in [0.25, 0.3) is 39.6 Å². The van der Waals surface area contributed by atoms with Gasteiger partial charge in [0.25, 0.3) is 5.56 Å². The summed E-state index contributed by atoms with van der Waals surface area (Å²) in [6.45, 7) is 0.220. The SMILES string of the molecule is O=c1c2nc(-c3ccccc3)n([C@@H]3OC4CO[P+](=S)O[C@H]4C3O)c2nc2[nH]c(-c3ccccc3)cn12. The number of aliphatic hydroxyl groups excluding tert-OH is 1. The molecule has 12 heteroatoms. The van der Waals surface area contributed by atoms with E-state index in [-0.39, 0.29) is 17.7 Å². The minimum atomic E-state index is -1.52. The summed E-state index contributed by atoms with van der Waals surface area (Å²) in [5.74, 6) is 0.807. The number of nitrogens with zero attached hydrogens (tertiary/aromatic N) is 4. The van der Waals surface area contributed by atoms with Crippen LogP contribution in [0.3, 0.4) is 0 Å². The highest BCUT2D eigenvalue weighted by Gasteiger charge is 2.54. The van der Waals surface area contributed by atoms with Gasteiger partial charge in [-0.15, -0.1) is 9.05 Å². The third kappa shape index (κ3) is 3.36. The summed E-state index contributed by atoms with van der Waals surface area (Å²) in [5.41, 5.74) is 2.55. The largest absolute Gasteiger partial charge is 0.522 e. The lowest BCUT2D eigenvalue weighted by molar-refractivity contribution is -0.0515. The van der Waals surface area contributed by atoms with Crippen molar-refractivity contribution < 1.29 is 18.9 Å². The Bertz CT molecular complexity index is 1690. The van der Waals surface area contributed by atoms with Gasteiger partial charge in [-0.1, -0.05) is 60.7 Å². The molecule has 0 radical (unpaired) electrons. The molecule has 0 saturated carbocycles. The third-order valence-corrected chi connectivity index (χ3v) is 7.83. The first kappa shape index (κ1) is 21.9.